The number of aromatic nitrogens is 3. The lowest BCUT2D eigenvalue weighted by molar-refractivity contribution is 0.0989. The number of pyridine rings is 1. The molecule has 0 aromatic carbocycles. The molecule has 2 aromatic heterocycles. The summed E-state index contributed by atoms with van der Waals surface area (Å²) in [5, 5.41) is 0.0898. The van der Waals surface area contributed by atoms with Gasteiger partial charge in [-0.15, -0.1) is 0 Å². The average molecular weight is 291 g/mol. The minimum atomic E-state index is -0.284. The molecule has 0 N–H and O–H groups in total. The monoisotopic (exact) mass is 290 g/mol. The van der Waals surface area contributed by atoms with Gasteiger partial charge in [-0.3, -0.25) is 9.78 Å². The van der Waals surface area contributed by atoms with Crippen molar-refractivity contribution in [2.75, 3.05) is 18.1 Å². The Hall–Kier alpha value is -2.21. The second-order valence-electron chi connectivity index (χ2n) is 4.31. The third-order valence-electron chi connectivity index (χ3n) is 2.99. The molecule has 0 unspecified atom stereocenters. The van der Waals surface area contributed by atoms with Gasteiger partial charge in [0.15, 0.2) is 0 Å². The first-order valence-corrected chi connectivity index (χ1v) is 6.42. The molecule has 1 aliphatic rings. The molecule has 2 aromatic rings. The van der Waals surface area contributed by atoms with Gasteiger partial charge in [0.2, 0.25) is 5.88 Å². The van der Waals surface area contributed by atoms with E-state index in [1.807, 2.05) is 19.1 Å². The van der Waals surface area contributed by atoms with Crippen LogP contribution in [0.15, 0.2) is 24.7 Å². The number of hydrogen-bond donors (Lipinski definition) is 0. The smallest absolute Gasteiger partial charge is 0.267 e. The summed E-state index contributed by atoms with van der Waals surface area (Å²) < 4.78 is 5.46. The molecular weight excluding hydrogens is 280 g/mol. The maximum Gasteiger partial charge on any atom is 0.267 e. The van der Waals surface area contributed by atoms with E-state index in [1.54, 1.807) is 11.1 Å². The van der Waals surface area contributed by atoms with Gasteiger partial charge < -0.3 is 9.64 Å². The van der Waals surface area contributed by atoms with E-state index in [4.69, 9.17) is 16.3 Å². The molecular formula is C13H11ClN4O2. The van der Waals surface area contributed by atoms with E-state index < -0.39 is 0 Å². The number of carbonyl (C=O) groups excluding carboxylic acids is 1. The molecule has 0 aliphatic carbocycles. The lowest BCUT2D eigenvalue weighted by Crippen LogP contribution is -2.32. The first-order valence-electron chi connectivity index (χ1n) is 6.04. The number of aryl methyl sites for hydroxylation is 1. The number of hydrogen-bond acceptors (Lipinski definition) is 5. The van der Waals surface area contributed by atoms with Crippen LogP contribution in [0.3, 0.4) is 0 Å². The van der Waals surface area contributed by atoms with Crippen molar-refractivity contribution in [1.82, 2.24) is 15.0 Å². The number of nitrogens with zero attached hydrogens (tertiary/aromatic N) is 4. The van der Waals surface area contributed by atoms with Gasteiger partial charge in [-0.2, -0.15) is 0 Å². The summed E-state index contributed by atoms with van der Waals surface area (Å²) in [5.41, 5.74) is 1.76. The zero-order chi connectivity index (χ0) is 14.1. The highest BCUT2D eigenvalue weighted by Gasteiger charge is 2.28. The maximum atomic E-state index is 12.6. The van der Waals surface area contributed by atoms with Gasteiger partial charge in [0.05, 0.1) is 18.4 Å². The summed E-state index contributed by atoms with van der Waals surface area (Å²) >= 11 is 5.99. The predicted octanol–water partition coefficient (Wildman–Crippen LogP) is 1.87. The summed E-state index contributed by atoms with van der Waals surface area (Å²) in [6.07, 6.45) is 2.92. The number of anilines is 1. The Morgan fingerprint density at radius 3 is 2.90 bits per heavy atom. The van der Waals surface area contributed by atoms with Gasteiger partial charge in [0, 0.05) is 5.69 Å². The third kappa shape index (κ3) is 2.18. The number of amides is 1. The molecule has 0 atom stereocenters. The van der Waals surface area contributed by atoms with Crippen LogP contribution in [0.2, 0.25) is 5.15 Å². The van der Waals surface area contributed by atoms with Gasteiger partial charge >= 0.3 is 0 Å². The summed E-state index contributed by atoms with van der Waals surface area (Å²) in [6.45, 7) is 2.62. The number of fused-ring (bicyclic) bond motifs is 1. The fourth-order valence-electron chi connectivity index (χ4n) is 1.97. The Morgan fingerprint density at radius 2 is 2.15 bits per heavy atom. The van der Waals surface area contributed by atoms with Crippen molar-refractivity contribution in [3.8, 4) is 5.88 Å². The molecule has 3 heterocycles. The Balaban J connectivity index is 2.04. The van der Waals surface area contributed by atoms with E-state index >= 15 is 0 Å². The number of ether oxygens (including phenoxy) is 1. The fraction of sp³-hybridized carbons (Fsp3) is 0.231. The van der Waals surface area contributed by atoms with Gasteiger partial charge in [-0.25, -0.2) is 9.97 Å². The van der Waals surface area contributed by atoms with Crippen molar-refractivity contribution in [3.05, 3.63) is 41.1 Å². The van der Waals surface area contributed by atoms with Crippen LogP contribution in [0.5, 0.6) is 5.88 Å². The first-order chi connectivity index (χ1) is 9.66. The Bertz CT molecular complexity index is 660. The number of halogens is 1. The quantitative estimate of drug-likeness (QED) is 0.750. The van der Waals surface area contributed by atoms with Crippen LogP contribution in [0, 0.1) is 6.92 Å². The average Bonchev–Trinajstić information content (AvgIpc) is 2.60. The minimum Gasteiger partial charge on any atom is -0.475 e. The predicted molar refractivity (Wildman–Crippen MR) is 73.2 cm³/mol. The molecule has 102 valence electrons. The molecule has 0 fully saturated rings. The highest BCUT2D eigenvalue weighted by molar-refractivity contribution is 6.33. The fourth-order valence-corrected chi connectivity index (χ4v) is 2.18. The number of rotatable bonds is 1. The van der Waals surface area contributed by atoms with Crippen LogP contribution in [0.4, 0.5) is 5.69 Å². The van der Waals surface area contributed by atoms with Gasteiger partial charge in [-0.05, 0) is 19.1 Å². The maximum absolute atomic E-state index is 12.6. The SMILES string of the molecule is Cc1ccc(N2CCOc3ncnc(Cl)c3C2=O)cn1. The van der Waals surface area contributed by atoms with Crippen molar-refractivity contribution in [2.45, 2.75) is 6.92 Å². The van der Waals surface area contributed by atoms with Crippen LogP contribution in [-0.2, 0) is 0 Å². The molecule has 20 heavy (non-hydrogen) atoms. The van der Waals surface area contributed by atoms with Crippen LogP contribution < -0.4 is 9.64 Å². The van der Waals surface area contributed by atoms with Crippen LogP contribution in [0.25, 0.3) is 0 Å². The Kier molecular flexibility index (Phi) is 3.23. The first kappa shape index (κ1) is 12.8. The molecule has 1 amide bonds. The molecule has 0 spiro atoms. The van der Waals surface area contributed by atoms with E-state index in [0.717, 1.165) is 5.69 Å². The summed E-state index contributed by atoms with van der Waals surface area (Å²) in [5.74, 6) is -0.0636. The van der Waals surface area contributed by atoms with E-state index in [2.05, 4.69) is 15.0 Å². The highest BCUT2D eigenvalue weighted by Crippen LogP contribution is 2.28. The Morgan fingerprint density at radius 1 is 1.30 bits per heavy atom. The van der Waals surface area contributed by atoms with Gasteiger partial charge in [-0.1, -0.05) is 11.6 Å². The van der Waals surface area contributed by atoms with Crippen molar-refractivity contribution < 1.29 is 9.53 Å². The summed E-state index contributed by atoms with van der Waals surface area (Å²) in [4.78, 5) is 26.1. The zero-order valence-corrected chi connectivity index (χ0v) is 11.5. The molecule has 0 radical (unpaired) electrons. The van der Waals surface area contributed by atoms with Crippen molar-refractivity contribution in [1.29, 1.82) is 0 Å². The summed E-state index contributed by atoms with van der Waals surface area (Å²) in [7, 11) is 0. The van der Waals surface area contributed by atoms with E-state index in [0.29, 0.717) is 18.8 Å². The lowest BCUT2D eigenvalue weighted by atomic mass is 10.2. The third-order valence-corrected chi connectivity index (χ3v) is 3.27. The van der Waals surface area contributed by atoms with Gasteiger partial charge in [0.1, 0.15) is 23.7 Å². The second-order valence-corrected chi connectivity index (χ2v) is 4.67. The van der Waals surface area contributed by atoms with Crippen molar-refractivity contribution in [3.63, 3.8) is 0 Å². The molecule has 0 saturated heterocycles. The van der Waals surface area contributed by atoms with Crippen LogP contribution in [-0.4, -0.2) is 34.0 Å². The number of carbonyl (C=O) groups is 1. The van der Waals surface area contributed by atoms with Crippen molar-refractivity contribution >= 4 is 23.2 Å². The lowest BCUT2D eigenvalue weighted by Gasteiger charge is -2.19. The molecule has 0 bridgehead atoms. The van der Waals surface area contributed by atoms with E-state index in [-0.39, 0.29) is 22.5 Å². The van der Waals surface area contributed by atoms with E-state index in [9.17, 15) is 4.79 Å². The van der Waals surface area contributed by atoms with E-state index in [1.165, 1.54) is 6.33 Å². The molecule has 7 heteroatoms. The highest BCUT2D eigenvalue weighted by atomic mass is 35.5. The molecule has 1 aliphatic heterocycles. The minimum absolute atomic E-state index is 0.0898. The molecule has 6 nitrogen and oxygen atoms in total. The van der Waals surface area contributed by atoms with Crippen LogP contribution in [0.1, 0.15) is 16.1 Å². The topological polar surface area (TPSA) is 68.2 Å². The van der Waals surface area contributed by atoms with Crippen LogP contribution >= 0.6 is 11.6 Å². The Labute approximate surface area is 120 Å². The normalized spacial score (nSPS) is 14.5. The van der Waals surface area contributed by atoms with Crippen molar-refractivity contribution in [2.24, 2.45) is 0 Å². The van der Waals surface area contributed by atoms with Gasteiger partial charge in [0.25, 0.3) is 5.91 Å². The standard InChI is InChI=1S/C13H11ClN4O2/c1-8-2-3-9(6-15-8)18-4-5-20-12-10(13(18)19)11(14)16-7-17-12/h2-3,6-7H,4-5H2,1H3. The molecule has 3 rings (SSSR count). The largest absolute Gasteiger partial charge is 0.475 e. The zero-order valence-electron chi connectivity index (χ0n) is 10.7. The molecule has 0 saturated carbocycles. The summed E-state index contributed by atoms with van der Waals surface area (Å²) in [6, 6.07) is 3.68. The second kappa shape index (κ2) is 5.05.